The van der Waals surface area contributed by atoms with Gasteiger partial charge in [0.25, 0.3) is 0 Å². The van der Waals surface area contributed by atoms with Crippen LogP contribution >= 0.6 is 11.6 Å². The molecule has 32 heavy (non-hydrogen) atoms. The van der Waals surface area contributed by atoms with Gasteiger partial charge >= 0.3 is 12.1 Å². The maximum absolute atomic E-state index is 14.3. The monoisotopic (exact) mass is 469 g/mol. The molecule has 164 valence electrons. The van der Waals surface area contributed by atoms with Crippen LogP contribution in [-0.4, -0.2) is 26.0 Å². The third kappa shape index (κ3) is 3.50. The molecule has 0 aliphatic rings. The van der Waals surface area contributed by atoms with Gasteiger partial charge in [-0.2, -0.15) is 18.3 Å². The standard InChI is InChI=1S/C20H9ClF5N3O3/c21-10-4-3-6-12(23)14(10)16-15(19(30)31)17(32-28-16)9-8-27-29(18(9)20(24,25)26)13-7-2-1-5-11(13)22/h1-8H,(H,30,31). The van der Waals surface area contributed by atoms with E-state index in [-0.39, 0.29) is 9.70 Å². The Labute approximate surface area is 180 Å². The number of halogens is 6. The Bertz CT molecular complexity index is 1330. The zero-order valence-corrected chi connectivity index (χ0v) is 16.2. The maximum Gasteiger partial charge on any atom is 0.434 e. The minimum atomic E-state index is -5.10. The molecule has 0 saturated carbocycles. The van der Waals surface area contributed by atoms with Gasteiger partial charge in [0, 0.05) is 0 Å². The molecule has 0 aliphatic carbocycles. The van der Waals surface area contributed by atoms with Crippen LogP contribution in [0.25, 0.3) is 28.3 Å². The highest BCUT2D eigenvalue weighted by Crippen LogP contribution is 2.43. The molecule has 4 aromatic rings. The molecule has 0 spiro atoms. The van der Waals surface area contributed by atoms with Crippen molar-refractivity contribution < 1.29 is 36.4 Å². The van der Waals surface area contributed by atoms with Gasteiger partial charge in [0.1, 0.15) is 28.6 Å². The average Bonchev–Trinajstić information content (AvgIpc) is 3.32. The van der Waals surface area contributed by atoms with Crippen LogP contribution in [0, 0.1) is 11.6 Å². The molecule has 2 aromatic carbocycles. The first-order chi connectivity index (χ1) is 15.1. The van der Waals surface area contributed by atoms with Crippen molar-refractivity contribution in [3.63, 3.8) is 0 Å². The smallest absolute Gasteiger partial charge is 0.434 e. The molecular formula is C20H9ClF5N3O3. The molecular weight excluding hydrogens is 461 g/mol. The molecule has 12 heteroatoms. The van der Waals surface area contributed by atoms with E-state index in [2.05, 4.69) is 10.3 Å². The molecule has 2 heterocycles. The van der Waals surface area contributed by atoms with Crippen LogP contribution < -0.4 is 0 Å². The molecule has 0 amide bonds. The summed E-state index contributed by atoms with van der Waals surface area (Å²) in [5, 5.41) is 16.5. The predicted octanol–water partition coefficient (Wildman–Crippen LogP) is 5.84. The highest BCUT2D eigenvalue weighted by atomic mass is 35.5. The summed E-state index contributed by atoms with van der Waals surface area (Å²) in [7, 11) is 0. The summed E-state index contributed by atoms with van der Waals surface area (Å²) in [5.74, 6) is -4.55. The summed E-state index contributed by atoms with van der Waals surface area (Å²) in [6.45, 7) is 0. The van der Waals surface area contributed by atoms with Crippen LogP contribution in [0.15, 0.2) is 53.2 Å². The molecule has 2 aromatic heterocycles. The summed E-state index contributed by atoms with van der Waals surface area (Å²) in [4.78, 5) is 11.9. The lowest BCUT2D eigenvalue weighted by Crippen LogP contribution is -2.15. The van der Waals surface area contributed by atoms with E-state index < -0.39 is 63.3 Å². The molecule has 0 bridgehead atoms. The number of rotatable bonds is 4. The molecule has 0 unspecified atom stereocenters. The molecule has 0 fully saturated rings. The molecule has 0 aliphatic heterocycles. The van der Waals surface area contributed by atoms with Crippen molar-refractivity contribution in [3.05, 3.63) is 76.6 Å². The van der Waals surface area contributed by atoms with Crippen LogP contribution in [0.3, 0.4) is 0 Å². The van der Waals surface area contributed by atoms with Gasteiger partial charge in [0.2, 0.25) is 0 Å². The fourth-order valence-electron chi connectivity index (χ4n) is 3.16. The first kappa shape index (κ1) is 21.5. The van der Waals surface area contributed by atoms with Gasteiger partial charge in [-0.15, -0.1) is 0 Å². The van der Waals surface area contributed by atoms with E-state index in [0.717, 1.165) is 18.2 Å². The fraction of sp³-hybridized carbons (Fsp3) is 0.0500. The second-order valence-electron chi connectivity index (χ2n) is 6.40. The number of hydrogen-bond donors (Lipinski definition) is 1. The Morgan fingerprint density at radius 3 is 2.38 bits per heavy atom. The number of aromatic nitrogens is 3. The van der Waals surface area contributed by atoms with E-state index in [1.165, 1.54) is 24.3 Å². The third-order valence-electron chi connectivity index (χ3n) is 4.47. The number of hydrogen-bond acceptors (Lipinski definition) is 4. The summed E-state index contributed by atoms with van der Waals surface area (Å²) in [6, 6.07) is 8.05. The lowest BCUT2D eigenvalue weighted by atomic mass is 10.0. The highest BCUT2D eigenvalue weighted by molar-refractivity contribution is 6.33. The van der Waals surface area contributed by atoms with Gasteiger partial charge in [0.15, 0.2) is 11.5 Å². The van der Waals surface area contributed by atoms with Crippen molar-refractivity contribution in [1.82, 2.24) is 14.9 Å². The Kier molecular flexibility index (Phi) is 5.21. The van der Waals surface area contributed by atoms with Crippen molar-refractivity contribution in [3.8, 4) is 28.3 Å². The molecule has 1 N–H and O–H groups in total. The molecule has 0 radical (unpaired) electrons. The average molecular weight is 470 g/mol. The lowest BCUT2D eigenvalue weighted by Gasteiger charge is -2.12. The number of nitrogens with zero attached hydrogens (tertiary/aromatic N) is 3. The lowest BCUT2D eigenvalue weighted by molar-refractivity contribution is -0.142. The second-order valence-corrected chi connectivity index (χ2v) is 6.81. The van der Waals surface area contributed by atoms with E-state index in [0.29, 0.717) is 6.20 Å². The number of para-hydroxylation sites is 1. The van der Waals surface area contributed by atoms with Gasteiger partial charge in [0.05, 0.1) is 22.3 Å². The van der Waals surface area contributed by atoms with E-state index in [9.17, 15) is 31.9 Å². The van der Waals surface area contributed by atoms with Crippen molar-refractivity contribution >= 4 is 17.6 Å². The fourth-order valence-corrected chi connectivity index (χ4v) is 3.41. The Morgan fingerprint density at radius 1 is 1.06 bits per heavy atom. The van der Waals surface area contributed by atoms with Crippen molar-refractivity contribution in [2.45, 2.75) is 6.18 Å². The maximum atomic E-state index is 14.3. The minimum Gasteiger partial charge on any atom is -0.477 e. The molecule has 0 saturated heterocycles. The van der Waals surface area contributed by atoms with Gasteiger partial charge < -0.3 is 9.63 Å². The van der Waals surface area contributed by atoms with Crippen LogP contribution in [0.1, 0.15) is 16.1 Å². The number of carboxylic acid groups (broad SMARTS) is 1. The zero-order valence-electron chi connectivity index (χ0n) is 15.5. The third-order valence-corrected chi connectivity index (χ3v) is 4.78. The quantitative estimate of drug-likeness (QED) is 0.380. The number of carbonyl (C=O) groups is 1. The van der Waals surface area contributed by atoms with E-state index in [1.807, 2.05) is 0 Å². The summed E-state index contributed by atoms with van der Waals surface area (Å²) in [5.41, 5.74) is -4.80. The number of aromatic carboxylic acids is 1. The SMILES string of the molecule is O=C(O)c1c(-c2c(F)cccc2Cl)noc1-c1cnn(-c2ccccc2F)c1C(F)(F)F. The second kappa shape index (κ2) is 7.75. The van der Waals surface area contributed by atoms with Gasteiger partial charge in [-0.05, 0) is 24.3 Å². The number of carboxylic acids is 1. The van der Waals surface area contributed by atoms with Crippen LogP contribution in [0.5, 0.6) is 0 Å². The summed E-state index contributed by atoms with van der Waals surface area (Å²) in [6.07, 6.45) is -4.44. The topological polar surface area (TPSA) is 81.2 Å². The summed E-state index contributed by atoms with van der Waals surface area (Å²) >= 11 is 5.95. The van der Waals surface area contributed by atoms with Crippen LogP contribution in [-0.2, 0) is 6.18 Å². The zero-order chi connectivity index (χ0) is 23.2. The largest absolute Gasteiger partial charge is 0.477 e. The predicted molar refractivity (Wildman–Crippen MR) is 101 cm³/mol. The molecule has 4 rings (SSSR count). The molecule has 6 nitrogen and oxygen atoms in total. The molecule has 0 atom stereocenters. The Hall–Kier alpha value is -3.73. The highest BCUT2D eigenvalue weighted by Gasteiger charge is 2.42. The van der Waals surface area contributed by atoms with Gasteiger partial charge in [-0.3, -0.25) is 0 Å². The summed E-state index contributed by atoms with van der Waals surface area (Å²) < 4.78 is 75.6. The first-order valence-electron chi connectivity index (χ1n) is 8.69. The van der Waals surface area contributed by atoms with E-state index in [1.54, 1.807) is 0 Å². The van der Waals surface area contributed by atoms with Crippen LogP contribution in [0.2, 0.25) is 5.02 Å². The van der Waals surface area contributed by atoms with E-state index >= 15 is 0 Å². The minimum absolute atomic E-state index is 0.231. The van der Waals surface area contributed by atoms with Crippen LogP contribution in [0.4, 0.5) is 22.0 Å². The van der Waals surface area contributed by atoms with Gasteiger partial charge in [-0.1, -0.05) is 35.0 Å². The Balaban J connectivity index is 2.01. The number of benzene rings is 2. The van der Waals surface area contributed by atoms with E-state index in [4.69, 9.17) is 16.1 Å². The normalized spacial score (nSPS) is 11.7. The first-order valence-corrected chi connectivity index (χ1v) is 9.07. The number of alkyl halides is 3. The van der Waals surface area contributed by atoms with Crippen molar-refractivity contribution in [1.29, 1.82) is 0 Å². The Morgan fingerprint density at radius 2 is 1.75 bits per heavy atom. The van der Waals surface area contributed by atoms with Crippen molar-refractivity contribution in [2.24, 2.45) is 0 Å². The van der Waals surface area contributed by atoms with Crippen molar-refractivity contribution in [2.75, 3.05) is 0 Å². The van der Waals surface area contributed by atoms with Gasteiger partial charge in [-0.25, -0.2) is 18.3 Å².